The first-order chi connectivity index (χ1) is 9.12. The Kier molecular flexibility index (Phi) is 5.00. The van der Waals surface area contributed by atoms with E-state index in [9.17, 15) is 15.0 Å². The molecule has 5 nitrogen and oxygen atoms in total. The Morgan fingerprint density at radius 3 is 2.40 bits per heavy atom. The molecular formula is C15H23NO4. The number of hydrogen-bond acceptors (Lipinski definition) is 4. The lowest BCUT2D eigenvalue weighted by atomic mass is 9.97. The van der Waals surface area contributed by atoms with Crippen LogP contribution < -0.4 is 0 Å². The summed E-state index contributed by atoms with van der Waals surface area (Å²) < 4.78 is 0. The summed E-state index contributed by atoms with van der Waals surface area (Å²) in [4.78, 5) is 12.8. The first-order valence-electron chi connectivity index (χ1n) is 6.63. The van der Waals surface area contributed by atoms with E-state index < -0.39 is 5.97 Å². The summed E-state index contributed by atoms with van der Waals surface area (Å²) in [5.74, 6) is -0.678. The molecule has 0 fully saturated rings. The smallest absolute Gasteiger partial charge is 0.304 e. The third kappa shape index (κ3) is 4.13. The fourth-order valence-electron chi connectivity index (χ4n) is 2.37. The van der Waals surface area contributed by atoms with Gasteiger partial charge in [-0.3, -0.25) is 9.69 Å². The van der Waals surface area contributed by atoms with Gasteiger partial charge in [-0.2, -0.15) is 0 Å². The van der Waals surface area contributed by atoms with Crippen molar-refractivity contribution < 1.29 is 20.1 Å². The molecule has 5 heteroatoms. The molecule has 0 aromatic heterocycles. The molecule has 0 aliphatic carbocycles. The maximum atomic E-state index is 10.8. The molecule has 20 heavy (non-hydrogen) atoms. The molecule has 0 bridgehead atoms. The van der Waals surface area contributed by atoms with Gasteiger partial charge in [0.1, 0.15) is 11.5 Å². The number of nitrogens with zero attached hydrogens (tertiary/aromatic N) is 1. The second kappa shape index (κ2) is 6.13. The zero-order chi connectivity index (χ0) is 15.5. The maximum Gasteiger partial charge on any atom is 0.304 e. The summed E-state index contributed by atoms with van der Waals surface area (Å²) in [7, 11) is 0. The number of hydrogen-bond donors (Lipinski definition) is 3. The van der Waals surface area contributed by atoms with Crippen LogP contribution in [0.25, 0.3) is 0 Å². The lowest BCUT2D eigenvalue weighted by Gasteiger charge is -2.40. The summed E-state index contributed by atoms with van der Waals surface area (Å²) in [5.41, 5.74) is 0.331. The second-order valence-corrected chi connectivity index (χ2v) is 5.93. The van der Waals surface area contributed by atoms with E-state index in [1.54, 1.807) is 0 Å². The second-order valence-electron chi connectivity index (χ2n) is 5.93. The van der Waals surface area contributed by atoms with Crippen molar-refractivity contribution in [2.24, 2.45) is 0 Å². The predicted octanol–water partition coefficient (Wildman–Crippen LogP) is 2.73. The highest BCUT2D eigenvalue weighted by molar-refractivity contribution is 5.66. The van der Waals surface area contributed by atoms with Gasteiger partial charge in [0.2, 0.25) is 0 Å². The number of rotatable bonds is 5. The molecule has 1 aromatic carbocycles. The molecule has 0 radical (unpaired) electrons. The van der Waals surface area contributed by atoms with Crippen molar-refractivity contribution in [2.45, 2.75) is 45.7 Å². The molecule has 0 aliphatic rings. The fraction of sp³-hybridized carbons (Fsp3) is 0.533. The summed E-state index contributed by atoms with van der Waals surface area (Å²) in [6.45, 7) is 8.23. The highest BCUT2D eigenvalue weighted by Crippen LogP contribution is 2.34. The summed E-state index contributed by atoms with van der Waals surface area (Å²) >= 11 is 0. The zero-order valence-electron chi connectivity index (χ0n) is 12.4. The average Bonchev–Trinajstić information content (AvgIpc) is 2.30. The molecule has 0 saturated heterocycles. The Morgan fingerprint density at radius 2 is 1.90 bits per heavy atom. The van der Waals surface area contributed by atoms with Crippen molar-refractivity contribution in [1.29, 1.82) is 0 Å². The Bertz CT molecular complexity index is 479. The normalized spacial score (nSPS) is 13.4. The molecule has 0 spiro atoms. The van der Waals surface area contributed by atoms with E-state index >= 15 is 0 Å². The number of phenolic OH excluding ortho intramolecular Hbond substituents is 2. The SMILES string of the molecule is CC(c1cc(O)ccc1O)N(CCC(=O)O)C(C)(C)C. The van der Waals surface area contributed by atoms with Gasteiger partial charge in [0.05, 0.1) is 6.42 Å². The number of carboxylic acid groups (broad SMARTS) is 1. The van der Waals surface area contributed by atoms with Crippen LogP contribution in [-0.4, -0.2) is 38.3 Å². The maximum absolute atomic E-state index is 10.8. The van der Waals surface area contributed by atoms with Crippen molar-refractivity contribution in [3.05, 3.63) is 23.8 Å². The quantitative estimate of drug-likeness (QED) is 0.723. The first-order valence-corrected chi connectivity index (χ1v) is 6.63. The molecule has 0 saturated carbocycles. The molecular weight excluding hydrogens is 258 g/mol. The summed E-state index contributed by atoms with van der Waals surface area (Å²) in [6.07, 6.45) is 0.0290. The van der Waals surface area contributed by atoms with Crippen LogP contribution in [0.1, 0.15) is 45.7 Å². The van der Waals surface area contributed by atoms with E-state index in [2.05, 4.69) is 0 Å². The topological polar surface area (TPSA) is 81.0 Å². The molecule has 3 N–H and O–H groups in total. The van der Waals surface area contributed by atoms with Crippen molar-refractivity contribution in [1.82, 2.24) is 4.90 Å². The highest BCUT2D eigenvalue weighted by atomic mass is 16.4. The van der Waals surface area contributed by atoms with E-state index in [0.29, 0.717) is 12.1 Å². The monoisotopic (exact) mass is 281 g/mol. The minimum Gasteiger partial charge on any atom is -0.508 e. The minimum absolute atomic E-state index is 0.0290. The molecule has 1 rings (SSSR count). The predicted molar refractivity (Wildman–Crippen MR) is 76.9 cm³/mol. The van der Waals surface area contributed by atoms with Gasteiger partial charge in [-0.1, -0.05) is 0 Å². The number of carboxylic acids is 1. The van der Waals surface area contributed by atoms with Crippen LogP contribution in [0.15, 0.2) is 18.2 Å². The first kappa shape index (κ1) is 16.3. The third-order valence-corrected chi connectivity index (χ3v) is 3.36. The summed E-state index contributed by atoms with van der Waals surface area (Å²) in [5, 5.41) is 28.4. The van der Waals surface area contributed by atoms with E-state index in [0.717, 1.165) is 0 Å². The Hall–Kier alpha value is -1.75. The highest BCUT2D eigenvalue weighted by Gasteiger charge is 2.29. The molecule has 112 valence electrons. The standard InChI is InChI=1S/C15H23NO4/c1-10(12-9-11(17)5-6-13(12)18)16(15(2,3)4)8-7-14(19)20/h5-6,9-10,17-18H,7-8H2,1-4H3,(H,19,20). The largest absolute Gasteiger partial charge is 0.508 e. The van der Waals surface area contributed by atoms with Gasteiger partial charge in [-0.15, -0.1) is 0 Å². The minimum atomic E-state index is -0.855. The van der Waals surface area contributed by atoms with Crippen LogP contribution in [0.5, 0.6) is 11.5 Å². The van der Waals surface area contributed by atoms with E-state index in [-0.39, 0.29) is 29.5 Å². The van der Waals surface area contributed by atoms with Crippen LogP contribution in [-0.2, 0) is 4.79 Å². The lowest BCUT2D eigenvalue weighted by molar-refractivity contribution is -0.137. The van der Waals surface area contributed by atoms with Gasteiger partial charge in [0, 0.05) is 23.7 Å². The summed E-state index contributed by atoms with van der Waals surface area (Å²) in [6, 6.07) is 4.17. The van der Waals surface area contributed by atoms with Crippen molar-refractivity contribution in [3.8, 4) is 11.5 Å². The number of benzene rings is 1. The molecule has 1 unspecified atom stereocenters. The Labute approximate surface area is 119 Å². The average molecular weight is 281 g/mol. The van der Waals surface area contributed by atoms with Crippen LogP contribution in [0.2, 0.25) is 0 Å². The number of aliphatic carboxylic acids is 1. The van der Waals surface area contributed by atoms with Crippen LogP contribution in [0.3, 0.4) is 0 Å². The van der Waals surface area contributed by atoms with Gasteiger partial charge in [0.25, 0.3) is 0 Å². The molecule has 0 aliphatic heterocycles. The third-order valence-electron chi connectivity index (χ3n) is 3.36. The van der Waals surface area contributed by atoms with Gasteiger partial charge >= 0.3 is 5.97 Å². The van der Waals surface area contributed by atoms with Crippen molar-refractivity contribution >= 4 is 5.97 Å². The van der Waals surface area contributed by atoms with Gasteiger partial charge in [0.15, 0.2) is 0 Å². The van der Waals surface area contributed by atoms with E-state index in [4.69, 9.17) is 5.11 Å². The van der Waals surface area contributed by atoms with E-state index in [1.807, 2.05) is 32.6 Å². The lowest BCUT2D eigenvalue weighted by Crippen LogP contribution is -2.44. The molecule has 1 atom stereocenters. The molecule has 0 heterocycles. The zero-order valence-corrected chi connectivity index (χ0v) is 12.4. The molecule has 1 aromatic rings. The Balaban J connectivity index is 3.06. The van der Waals surface area contributed by atoms with Gasteiger partial charge < -0.3 is 15.3 Å². The fourth-order valence-corrected chi connectivity index (χ4v) is 2.37. The van der Waals surface area contributed by atoms with Crippen LogP contribution >= 0.6 is 0 Å². The van der Waals surface area contributed by atoms with Crippen molar-refractivity contribution in [3.63, 3.8) is 0 Å². The van der Waals surface area contributed by atoms with Crippen LogP contribution in [0, 0.1) is 0 Å². The van der Waals surface area contributed by atoms with Gasteiger partial charge in [-0.25, -0.2) is 0 Å². The van der Waals surface area contributed by atoms with Crippen molar-refractivity contribution in [2.75, 3.05) is 6.54 Å². The van der Waals surface area contributed by atoms with E-state index in [1.165, 1.54) is 18.2 Å². The Morgan fingerprint density at radius 1 is 1.30 bits per heavy atom. The molecule has 0 amide bonds. The van der Waals surface area contributed by atoms with Crippen LogP contribution in [0.4, 0.5) is 0 Å². The number of phenols is 2. The number of aromatic hydroxyl groups is 2. The van der Waals surface area contributed by atoms with Gasteiger partial charge in [-0.05, 0) is 45.9 Å². The number of carbonyl (C=O) groups is 1.